The zero-order valence-corrected chi connectivity index (χ0v) is 12.5. The van der Waals surface area contributed by atoms with Crippen molar-refractivity contribution in [2.24, 2.45) is 29.4 Å². The largest absolute Gasteiger partial charge is 0.327 e. The van der Waals surface area contributed by atoms with Crippen LogP contribution in [0.2, 0.25) is 0 Å². The van der Waals surface area contributed by atoms with Crippen LogP contribution in [0.15, 0.2) is 0 Å². The Bertz CT molecular complexity index is 222. The van der Waals surface area contributed by atoms with Gasteiger partial charge in [-0.25, -0.2) is 0 Å². The van der Waals surface area contributed by atoms with Crippen molar-refractivity contribution in [3.05, 3.63) is 0 Å². The van der Waals surface area contributed by atoms with Crippen LogP contribution in [0.25, 0.3) is 0 Å². The molecule has 2 rings (SSSR count). The maximum Gasteiger partial charge on any atom is 0.00956 e. The van der Waals surface area contributed by atoms with E-state index in [-0.39, 0.29) is 0 Å². The lowest BCUT2D eigenvalue weighted by Gasteiger charge is -2.38. The minimum absolute atomic E-state index is 0.514. The van der Waals surface area contributed by atoms with Crippen LogP contribution in [0, 0.1) is 23.7 Å². The van der Waals surface area contributed by atoms with Crippen LogP contribution in [0.3, 0.4) is 0 Å². The third kappa shape index (κ3) is 3.73. The van der Waals surface area contributed by atoms with Crippen LogP contribution in [0.5, 0.6) is 0 Å². The van der Waals surface area contributed by atoms with Gasteiger partial charge in [-0.15, -0.1) is 0 Å². The van der Waals surface area contributed by atoms with E-state index in [9.17, 15) is 0 Å². The second kappa shape index (κ2) is 6.93. The van der Waals surface area contributed by atoms with Gasteiger partial charge in [0.2, 0.25) is 0 Å². The molecule has 1 nitrogen and oxygen atoms in total. The fourth-order valence-electron chi connectivity index (χ4n) is 4.33. The van der Waals surface area contributed by atoms with Crippen molar-refractivity contribution in [3.63, 3.8) is 0 Å². The van der Waals surface area contributed by atoms with Gasteiger partial charge in [-0.3, -0.25) is 0 Å². The average Bonchev–Trinajstić information content (AvgIpc) is 2.40. The standard InChI is InChI=1S/C17H33N/c1-3-4-14-7-11-16(12-8-14)17(18)15-9-5-13(2)6-10-15/h13-17H,3-12,18H2,1-2H3. The molecule has 0 radical (unpaired) electrons. The molecular formula is C17H33N. The summed E-state index contributed by atoms with van der Waals surface area (Å²) < 4.78 is 0. The van der Waals surface area contributed by atoms with E-state index in [4.69, 9.17) is 5.73 Å². The molecule has 2 fully saturated rings. The Hall–Kier alpha value is -0.0400. The van der Waals surface area contributed by atoms with Crippen LogP contribution in [0.4, 0.5) is 0 Å². The van der Waals surface area contributed by atoms with Gasteiger partial charge in [0.25, 0.3) is 0 Å². The predicted molar refractivity (Wildman–Crippen MR) is 79.5 cm³/mol. The van der Waals surface area contributed by atoms with Gasteiger partial charge in [0.1, 0.15) is 0 Å². The average molecular weight is 251 g/mol. The third-order valence-corrected chi connectivity index (χ3v) is 5.74. The lowest BCUT2D eigenvalue weighted by atomic mass is 9.70. The quantitative estimate of drug-likeness (QED) is 0.767. The lowest BCUT2D eigenvalue weighted by molar-refractivity contribution is 0.163. The van der Waals surface area contributed by atoms with Crippen LogP contribution in [-0.2, 0) is 0 Å². The summed E-state index contributed by atoms with van der Waals surface area (Å²) in [5, 5.41) is 0. The second-order valence-electron chi connectivity index (χ2n) is 7.17. The summed E-state index contributed by atoms with van der Waals surface area (Å²) in [6.45, 7) is 4.72. The highest BCUT2D eigenvalue weighted by Gasteiger charge is 2.31. The second-order valence-corrected chi connectivity index (χ2v) is 7.17. The number of hydrogen-bond acceptors (Lipinski definition) is 1. The minimum atomic E-state index is 0.514. The molecule has 2 aliphatic rings. The third-order valence-electron chi connectivity index (χ3n) is 5.74. The first kappa shape index (κ1) is 14.4. The SMILES string of the molecule is CCCC1CCC(C(N)C2CCC(C)CC2)CC1. The summed E-state index contributed by atoms with van der Waals surface area (Å²) in [4.78, 5) is 0. The molecule has 0 aromatic rings. The molecule has 2 saturated carbocycles. The molecule has 1 heteroatoms. The van der Waals surface area contributed by atoms with Crippen LogP contribution >= 0.6 is 0 Å². The Kier molecular flexibility index (Phi) is 5.54. The van der Waals surface area contributed by atoms with E-state index in [1.807, 2.05) is 0 Å². The van der Waals surface area contributed by atoms with Gasteiger partial charge in [-0.1, -0.05) is 52.4 Å². The molecule has 0 amide bonds. The lowest BCUT2D eigenvalue weighted by Crippen LogP contribution is -2.40. The molecule has 1 unspecified atom stereocenters. The van der Waals surface area contributed by atoms with Crippen molar-refractivity contribution in [1.82, 2.24) is 0 Å². The van der Waals surface area contributed by atoms with Crippen LogP contribution in [0.1, 0.15) is 78.1 Å². The fraction of sp³-hybridized carbons (Fsp3) is 1.00. The van der Waals surface area contributed by atoms with E-state index in [1.54, 1.807) is 0 Å². The van der Waals surface area contributed by atoms with Gasteiger partial charge >= 0.3 is 0 Å². The molecule has 0 spiro atoms. The number of rotatable bonds is 4. The van der Waals surface area contributed by atoms with Gasteiger partial charge < -0.3 is 5.73 Å². The first-order valence-electron chi connectivity index (χ1n) is 8.46. The van der Waals surface area contributed by atoms with Gasteiger partial charge in [-0.2, -0.15) is 0 Å². The zero-order valence-electron chi connectivity index (χ0n) is 12.5. The minimum Gasteiger partial charge on any atom is -0.327 e. The highest BCUT2D eigenvalue weighted by Crippen LogP contribution is 2.38. The van der Waals surface area contributed by atoms with Crippen LogP contribution in [-0.4, -0.2) is 6.04 Å². The van der Waals surface area contributed by atoms with Crippen molar-refractivity contribution in [3.8, 4) is 0 Å². The first-order chi connectivity index (χ1) is 8.70. The molecule has 0 heterocycles. The van der Waals surface area contributed by atoms with Crippen molar-refractivity contribution in [2.45, 2.75) is 84.1 Å². The van der Waals surface area contributed by atoms with Gasteiger partial charge in [0, 0.05) is 6.04 Å². The van der Waals surface area contributed by atoms with Crippen molar-refractivity contribution in [1.29, 1.82) is 0 Å². The Morgan fingerprint density at radius 1 is 0.889 bits per heavy atom. The van der Waals surface area contributed by atoms with E-state index in [1.165, 1.54) is 64.2 Å². The summed E-state index contributed by atoms with van der Waals surface area (Å²) in [5.41, 5.74) is 6.59. The van der Waals surface area contributed by atoms with Crippen molar-refractivity contribution >= 4 is 0 Å². The Morgan fingerprint density at radius 3 is 1.89 bits per heavy atom. The topological polar surface area (TPSA) is 26.0 Å². The number of nitrogens with two attached hydrogens (primary N) is 1. The monoisotopic (exact) mass is 251 g/mol. The summed E-state index contributed by atoms with van der Waals surface area (Å²) in [5.74, 6) is 3.66. The van der Waals surface area contributed by atoms with E-state index >= 15 is 0 Å². The predicted octanol–water partition coefficient (Wildman–Crippen LogP) is 4.75. The molecule has 18 heavy (non-hydrogen) atoms. The molecule has 106 valence electrons. The molecule has 2 N–H and O–H groups in total. The Labute approximate surface area is 114 Å². The van der Waals surface area contributed by atoms with E-state index in [0.29, 0.717) is 6.04 Å². The first-order valence-corrected chi connectivity index (χ1v) is 8.46. The molecular weight excluding hydrogens is 218 g/mol. The van der Waals surface area contributed by atoms with Gasteiger partial charge in [0.15, 0.2) is 0 Å². The molecule has 0 aromatic carbocycles. The summed E-state index contributed by atoms with van der Waals surface area (Å²) >= 11 is 0. The number of hydrogen-bond donors (Lipinski definition) is 1. The molecule has 2 aliphatic carbocycles. The van der Waals surface area contributed by atoms with Gasteiger partial charge in [0.05, 0.1) is 0 Å². The van der Waals surface area contributed by atoms with Crippen molar-refractivity contribution < 1.29 is 0 Å². The maximum atomic E-state index is 6.59. The normalized spacial score (nSPS) is 39.5. The highest BCUT2D eigenvalue weighted by atomic mass is 14.7. The van der Waals surface area contributed by atoms with Gasteiger partial charge in [-0.05, 0) is 49.4 Å². The van der Waals surface area contributed by atoms with Crippen molar-refractivity contribution in [2.75, 3.05) is 0 Å². The molecule has 0 aromatic heterocycles. The van der Waals surface area contributed by atoms with E-state index in [2.05, 4.69) is 13.8 Å². The molecule has 0 saturated heterocycles. The summed E-state index contributed by atoms with van der Waals surface area (Å²) in [6.07, 6.45) is 14.2. The maximum absolute atomic E-state index is 6.59. The molecule has 0 bridgehead atoms. The Morgan fingerprint density at radius 2 is 1.39 bits per heavy atom. The summed E-state index contributed by atoms with van der Waals surface area (Å²) in [6, 6.07) is 0.514. The smallest absolute Gasteiger partial charge is 0.00956 e. The fourth-order valence-corrected chi connectivity index (χ4v) is 4.33. The van der Waals surface area contributed by atoms with E-state index < -0.39 is 0 Å². The summed E-state index contributed by atoms with van der Waals surface area (Å²) in [7, 11) is 0. The highest BCUT2D eigenvalue weighted by molar-refractivity contribution is 4.86. The van der Waals surface area contributed by atoms with E-state index in [0.717, 1.165) is 23.7 Å². The zero-order chi connectivity index (χ0) is 13.0. The van der Waals surface area contributed by atoms with Crippen LogP contribution < -0.4 is 5.73 Å². The molecule has 1 atom stereocenters. The Balaban J connectivity index is 1.75. The molecule has 0 aliphatic heterocycles.